The molecule has 1 fully saturated rings. The van der Waals surface area contributed by atoms with Gasteiger partial charge in [0.1, 0.15) is 18.3 Å². The van der Waals surface area contributed by atoms with Crippen molar-refractivity contribution in [2.75, 3.05) is 6.61 Å². The van der Waals surface area contributed by atoms with Crippen LogP contribution >= 0.6 is 0 Å². The average molecular weight is 404 g/mol. The number of carbonyl (C=O) groups is 3. The number of esters is 3. The molecule has 0 radical (unpaired) electrons. The van der Waals surface area contributed by atoms with Crippen LogP contribution in [0.3, 0.4) is 0 Å². The van der Waals surface area contributed by atoms with Crippen LogP contribution in [0, 0.1) is 5.92 Å². The molecule has 7 heteroatoms. The summed E-state index contributed by atoms with van der Waals surface area (Å²) < 4.78 is 16.6. The normalized spacial score (nSPS) is 29.8. The first-order valence-electron chi connectivity index (χ1n) is 9.53. The lowest BCUT2D eigenvalue weighted by atomic mass is 9.85. The molecule has 0 spiro atoms. The number of aliphatic hydroxyl groups is 1. The van der Waals surface area contributed by atoms with Crippen LogP contribution in [0.25, 0.3) is 0 Å². The van der Waals surface area contributed by atoms with Crippen LogP contribution in [0.2, 0.25) is 0 Å². The van der Waals surface area contributed by atoms with Crippen LogP contribution in [0.4, 0.5) is 0 Å². The van der Waals surface area contributed by atoms with E-state index in [1.54, 1.807) is 19.9 Å². The van der Waals surface area contributed by atoms with E-state index in [-0.39, 0.29) is 17.8 Å². The first kappa shape index (κ1) is 22.6. The van der Waals surface area contributed by atoms with E-state index in [4.69, 9.17) is 19.3 Å². The first-order chi connectivity index (χ1) is 13.6. The molecule has 0 bridgehead atoms. The lowest BCUT2D eigenvalue weighted by molar-refractivity contribution is -0.148. The minimum absolute atomic E-state index is 0.234. The summed E-state index contributed by atoms with van der Waals surface area (Å²) >= 11 is 0. The van der Waals surface area contributed by atoms with Crippen molar-refractivity contribution in [3.63, 3.8) is 0 Å². The van der Waals surface area contributed by atoms with E-state index >= 15 is 0 Å². The molecule has 7 nitrogen and oxygen atoms in total. The van der Waals surface area contributed by atoms with Gasteiger partial charge in [-0.1, -0.05) is 18.2 Å². The summed E-state index contributed by atoms with van der Waals surface area (Å²) in [6.07, 6.45) is 4.05. The highest BCUT2D eigenvalue weighted by molar-refractivity contribution is 5.92. The van der Waals surface area contributed by atoms with Crippen LogP contribution in [-0.2, 0) is 28.6 Å². The highest BCUT2D eigenvalue weighted by atomic mass is 16.6. The second-order valence-electron chi connectivity index (χ2n) is 7.43. The summed E-state index contributed by atoms with van der Waals surface area (Å²) in [5.41, 5.74) is 2.17. The Morgan fingerprint density at radius 2 is 2.00 bits per heavy atom. The molecular formula is C22H28O7. The van der Waals surface area contributed by atoms with Gasteiger partial charge in [0.05, 0.1) is 12.5 Å². The van der Waals surface area contributed by atoms with Crippen molar-refractivity contribution in [3.8, 4) is 0 Å². The van der Waals surface area contributed by atoms with Gasteiger partial charge in [-0.25, -0.2) is 9.59 Å². The van der Waals surface area contributed by atoms with E-state index in [9.17, 15) is 14.4 Å². The summed E-state index contributed by atoms with van der Waals surface area (Å²) in [6.45, 7) is 10.2. The standard InChI is InChI=1S/C22H28O7/c1-12-6-7-17(27-16(5)24)14(3)11-19-20(15(4)22(26)29-19)18(10-12)28-21(25)13(2)8-9-23/h6,8,11,17-20,23H,4,7,9-10H2,1-3,5H3/b12-6?,13-8+,14-11+/t17-,18-,19-,20-/m1/s1. The number of aliphatic hydroxyl groups excluding tert-OH is 1. The number of hydrogen-bond acceptors (Lipinski definition) is 7. The number of rotatable bonds is 4. The van der Waals surface area contributed by atoms with E-state index in [0.717, 1.165) is 11.1 Å². The Hall–Kier alpha value is -2.67. The van der Waals surface area contributed by atoms with Crippen LogP contribution in [0.5, 0.6) is 0 Å². The maximum Gasteiger partial charge on any atom is 0.334 e. The van der Waals surface area contributed by atoms with Crippen molar-refractivity contribution < 1.29 is 33.7 Å². The third-order valence-corrected chi connectivity index (χ3v) is 5.09. The summed E-state index contributed by atoms with van der Waals surface area (Å²) in [7, 11) is 0. The van der Waals surface area contributed by atoms with Crippen molar-refractivity contribution in [2.45, 2.75) is 58.8 Å². The molecule has 158 valence electrons. The lowest BCUT2D eigenvalue weighted by Gasteiger charge is -2.28. The van der Waals surface area contributed by atoms with Gasteiger partial charge in [-0.05, 0) is 38.5 Å². The van der Waals surface area contributed by atoms with Crippen LogP contribution in [-0.4, -0.2) is 47.9 Å². The fourth-order valence-corrected chi connectivity index (χ4v) is 3.48. The molecule has 0 aromatic rings. The van der Waals surface area contributed by atoms with Gasteiger partial charge in [-0.2, -0.15) is 0 Å². The van der Waals surface area contributed by atoms with E-state index < -0.39 is 42.1 Å². The Morgan fingerprint density at radius 1 is 1.31 bits per heavy atom. The average Bonchev–Trinajstić information content (AvgIpc) is 2.90. The van der Waals surface area contributed by atoms with E-state index in [1.165, 1.54) is 13.0 Å². The zero-order valence-corrected chi connectivity index (χ0v) is 17.3. The predicted octanol–water partition coefficient (Wildman–Crippen LogP) is 2.55. The third kappa shape index (κ3) is 5.67. The van der Waals surface area contributed by atoms with Crippen molar-refractivity contribution in [1.82, 2.24) is 0 Å². The molecule has 0 aromatic carbocycles. The fourth-order valence-electron chi connectivity index (χ4n) is 3.48. The molecular weight excluding hydrogens is 376 g/mol. The summed E-state index contributed by atoms with van der Waals surface area (Å²) in [4.78, 5) is 36.1. The number of ether oxygens (including phenoxy) is 3. The number of fused-ring (bicyclic) bond motifs is 1. The van der Waals surface area contributed by atoms with Gasteiger partial charge in [0.2, 0.25) is 0 Å². The van der Waals surface area contributed by atoms with E-state index in [1.807, 2.05) is 13.0 Å². The molecule has 1 saturated heterocycles. The van der Waals surface area contributed by atoms with Gasteiger partial charge in [0.15, 0.2) is 0 Å². The SMILES string of the molecule is C=C1C(=O)O[C@@H]2/C=C(\C)[C@H](OC(C)=O)CC=C(C)C[C@@H](OC(=O)/C(C)=C/CO)[C@@H]12. The molecule has 1 heterocycles. The highest BCUT2D eigenvalue weighted by Crippen LogP contribution is 2.36. The largest absolute Gasteiger partial charge is 0.458 e. The number of hydrogen-bond donors (Lipinski definition) is 1. The Balaban J connectivity index is 2.42. The maximum absolute atomic E-state index is 12.4. The van der Waals surface area contributed by atoms with E-state index in [0.29, 0.717) is 12.8 Å². The summed E-state index contributed by atoms with van der Waals surface area (Å²) in [5, 5.41) is 9.01. The monoisotopic (exact) mass is 404 g/mol. The second kappa shape index (κ2) is 9.69. The van der Waals surface area contributed by atoms with Gasteiger partial charge in [0, 0.05) is 30.9 Å². The summed E-state index contributed by atoms with van der Waals surface area (Å²) in [5.74, 6) is -2.08. The molecule has 2 rings (SSSR count). The van der Waals surface area contributed by atoms with Crippen LogP contribution in [0.1, 0.15) is 40.5 Å². The Kier molecular flexibility index (Phi) is 7.56. The molecule has 1 aliphatic carbocycles. The van der Waals surface area contributed by atoms with E-state index in [2.05, 4.69) is 6.58 Å². The third-order valence-electron chi connectivity index (χ3n) is 5.09. The zero-order chi connectivity index (χ0) is 21.7. The first-order valence-corrected chi connectivity index (χ1v) is 9.53. The molecule has 29 heavy (non-hydrogen) atoms. The van der Waals surface area contributed by atoms with Gasteiger partial charge >= 0.3 is 17.9 Å². The van der Waals surface area contributed by atoms with Crippen molar-refractivity contribution in [1.29, 1.82) is 0 Å². The number of carbonyl (C=O) groups excluding carboxylic acids is 3. The fraction of sp³-hybridized carbons (Fsp3) is 0.500. The highest BCUT2D eigenvalue weighted by Gasteiger charge is 2.44. The van der Waals surface area contributed by atoms with Crippen LogP contribution < -0.4 is 0 Å². The topological polar surface area (TPSA) is 99.1 Å². The minimum atomic E-state index is -0.682. The van der Waals surface area contributed by atoms with Crippen LogP contribution in [0.15, 0.2) is 47.1 Å². The van der Waals surface area contributed by atoms with Gasteiger partial charge < -0.3 is 19.3 Å². The van der Waals surface area contributed by atoms with Crippen molar-refractivity contribution in [2.24, 2.45) is 5.92 Å². The molecule has 0 aromatic heterocycles. The van der Waals surface area contributed by atoms with Crippen molar-refractivity contribution >= 4 is 17.9 Å². The smallest absolute Gasteiger partial charge is 0.334 e. The molecule has 1 N–H and O–H groups in total. The minimum Gasteiger partial charge on any atom is -0.458 e. The maximum atomic E-state index is 12.4. The van der Waals surface area contributed by atoms with Gasteiger partial charge in [-0.3, -0.25) is 4.79 Å². The zero-order valence-electron chi connectivity index (χ0n) is 17.3. The lowest BCUT2D eigenvalue weighted by Crippen LogP contribution is -2.34. The Bertz CT molecular complexity index is 787. The van der Waals surface area contributed by atoms with Crippen molar-refractivity contribution in [3.05, 3.63) is 47.1 Å². The Morgan fingerprint density at radius 3 is 2.62 bits per heavy atom. The quantitative estimate of drug-likeness (QED) is 0.333. The predicted molar refractivity (Wildman–Crippen MR) is 106 cm³/mol. The molecule has 2 aliphatic rings. The molecule has 1 aliphatic heterocycles. The van der Waals surface area contributed by atoms with Gasteiger partial charge in [0.25, 0.3) is 0 Å². The Labute approximate surface area is 170 Å². The second-order valence-corrected chi connectivity index (χ2v) is 7.43. The summed E-state index contributed by atoms with van der Waals surface area (Å²) in [6, 6.07) is 0. The molecule has 4 atom stereocenters. The molecule has 0 saturated carbocycles. The molecule has 0 unspecified atom stereocenters. The van der Waals surface area contributed by atoms with Gasteiger partial charge in [-0.15, -0.1) is 0 Å². The molecule has 0 amide bonds.